The smallest absolute Gasteiger partial charge is 0.237 e. The summed E-state index contributed by atoms with van der Waals surface area (Å²) in [5.41, 5.74) is -0.206. The first kappa shape index (κ1) is 20.1. The molecular weight excluding hydrogens is 332 g/mol. The van der Waals surface area contributed by atoms with E-state index < -0.39 is 5.41 Å². The Morgan fingerprint density at radius 1 is 1.15 bits per heavy atom. The minimum atomic E-state index is -1.09. The lowest BCUT2D eigenvalue weighted by Crippen LogP contribution is -2.51. The molecule has 2 amide bonds. The summed E-state index contributed by atoms with van der Waals surface area (Å²) < 4.78 is 10.5. The zero-order valence-electron chi connectivity index (χ0n) is 16.4. The summed E-state index contributed by atoms with van der Waals surface area (Å²) in [6, 6.07) is 5.48. The van der Waals surface area contributed by atoms with Crippen molar-refractivity contribution in [2.24, 2.45) is 11.3 Å². The van der Waals surface area contributed by atoms with E-state index in [9.17, 15) is 9.59 Å². The van der Waals surface area contributed by atoms with Crippen molar-refractivity contribution in [3.8, 4) is 11.5 Å². The van der Waals surface area contributed by atoms with Gasteiger partial charge in [-0.05, 0) is 50.3 Å². The zero-order chi connectivity index (χ0) is 19.3. The molecule has 1 aliphatic rings. The average Bonchev–Trinajstić information content (AvgIpc) is 2.65. The van der Waals surface area contributed by atoms with Crippen molar-refractivity contribution in [3.63, 3.8) is 0 Å². The lowest BCUT2D eigenvalue weighted by atomic mass is 9.88. The predicted molar refractivity (Wildman–Crippen MR) is 100 cm³/mol. The van der Waals surface area contributed by atoms with Crippen molar-refractivity contribution in [2.75, 3.05) is 27.3 Å². The van der Waals surface area contributed by atoms with Crippen molar-refractivity contribution in [1.29, 1.82) is 0 Å². The number of likely N-dealkylation sites (tertiary alicyclic amines) is 1. The van der Waals surface area contributed by atoms with E-state index in [-0.39, 0.29) is 11.8 Å². The number of piperidine rings is 1. The average molecular weight is 362 g/mol. The molecule has 0 aromatic heterocycles. The fraction of sp³-hybridized carbons (Fsp3) is 0.600. The standard InChI is InChI=1S/C20H30N2O4/c1-14-8-10-22(11-9-14)19(24)20(2,3)18(23)21-13-15-6-7-16(25-4)17(12-15)26-5/h6-7,12,14H,8-11,13H2,1-5H3,(H,21,23). The Balaban J connectivity index is 1.98. The first-order valence-corrected chi connectivity index (χ1v) is 9.08. The van der Waals surface area contributed by atoms with E-state index in [2.05, 4.69) is 12.2 Å². The van der Waals surface area contributed by atoms with Crippen LogP contribution in [0, 0.1) is 11.3 Å². The molecule has 0 spiro atoms. The van der Waals surface area contributed by atoms with E-state index in [0.29, 0.717) is 24.0 Å². The van der Waals surface area contributed by atoms with Gasteiger partial charge in [-0.3, -0.25) is 9.59 Å². The van der Waals surface area contributed by atoms with Gasteiger partial charge in [-0.25, -0.2) is 0 Å². The van der Waals surface area contributed by atoms with Crippen molar-refractivity contribution < 1.29 is 19.1 Å². The van der Waals surface area contributed by atoms with Gasteiger partial charge < -0.3 is 19.7 Å². The minimum absolute atomic E-state index is 0.103. The summed E-state index contributed by atoms with van der Waals surface area (Å²) in [6.45, 7) is 7.36. The molecule has 1 N–H and O–H groups in total. The van der Waals surface area contributed by atoms with Crippen LogP contribution in [0.25, 0.3) is 0 Å². The number of carbonyl (C=O) groups excluding carboxylic acids is 2. The highest BCUT2D eigenvalue weighted by Gasteiger charge is 2.39. The molecule has 0 radical (unpaired) electrons. The van der Waals surface area contributed by atoms with Gasteiger partial charge in [-0.15, -0.1) is 0 Å². The maximum absolute atomic E-state index is 12.8. The molecule has 0 aliphatic carbocycles. The summed E-state index contributed by atoms with van der Waals surface area (Å²) in [5, 5.41) is 2.87. The molecule has 1 aromatic carbocycles. The number of ether oxygens (including phenoxy) is 2. The molecule has 26 heavy (non-hydrogen) atoms. The third kappa shape index (κ3) is 4.48. The van der Waals surface area contributed by atoms with Gasteiger partial charge in [0.05, 0.1) is 14.2 Å². The number of nitrogens with one attached hydrogen (secondary N) is 1. The van der Waals surface area contributed by atoms with Crippen LogP contribution in [0.15, 0.2) is 18.2 Å². The second-order valence-electron chi connectivity index (χ2n) is 7.47. The molecule has 0 atom stereocenters. The number of nitrogens with zero attached hydrogens (tertiary/aromatic N) is 1. The van der Waals surface area contributed by atoms with Gasteiger partial charge in [-0.2, -0.15) is 0 Å². The van der Waals surface area contributed by atoms with Crippen LogP contribution in [0.4, 0.5) is 0 Å². The van der Waals surface area contributed by atoms with Crippen LogP contribution in [0.2, 0.25) is 0 Å². The van der Waals surface area contributed by atoms with E-state index in [4.69, 9.17) is 9.47 Å². The Hall–Kier alpha value is -2.24. The fourth-order valence-electron chi connectivity index (χ4n) is 3.10. The Bertz CT molecular complexity index is 649. The van der Waals surface area contributed by atoms with E-state index in [1.54, 1.807) is 34.1 Å². The highest BCUT2D eigenvalue weighted by atomic mass is 16.5. The van der Waals surface area contributed by atoms with E-state index in [1.165, 1.54) is 0 Å². The second-order valence-corrected chi connectivity index (χ2v) is 7.47. The third-order valence-corrected chi connectivity index (χ3v) is 5.07. The molecule has 1 heterocycles. The Kier molecular flexibility index (Phi) is 6.51. The molecule has 1 saturated heterocycles. The van der Waals surface area contributed by atoms with Crippen LogP contribution < -0.4 is 14.8 Å². The van der Waals surface area contributed by atoms with Crippen molar-refractivity contribution in [3.05, 3.63) is 23.8 Å². The number of carbonyl (C=O) groups is 2. The number of hydrogen-bond donors (Lipinski definition) is 1. The van der Waals surface area contributed by atoms with Gasteiger partial charge in [-0.1, -0.05) is 13.0 Å². The molecule has 144 valence electrons. The normalized spacial score (nSPS) is 15.5. The van der Waals surface area contributed by atoms with Crippen molar-refractivity contribution in [1.82, 2.24) is 10.2 Å². The van der Waals surface area contributed by atoms with Crippen molar-refractivity contribution >= 4 is 11.8 Å². The first-order chi connectivity index (χ1) is 12.3. The number of rotatable bonds is 6. The number of methoxy groups -OCH3 is 2. The first-order valence-electron chi connectivity index (χ1n) is 9.08. The molecule has 6 heteroatoms. The fourth-order valence-corrected chi connectivity index (χ4v) is 3.10. The van der Waals surface area contributed by atoms with Crippen LogP contribution >= 0.6 is 0 Å². The van der Waals surface area contributed by atoms with Gasteiger partial charge in [0.25, 0.3) is 0 Å². The van der Waals surface area contributed by atoms with E-state index >= 15 is 0 Å². The lowest BCUT2D eigenvalue weighted by molar-refractivity contribution is -0.149. The van der Waals surface area contributed by atoms with Gasteiger partial charge in [0.2, 0.25) is 11.8 Å². The van der Waals surface area contributed by atoms with Gasteiger partial charge >= 0.3 is 0 Å². The molecule has 2 rings (SSSR count). The lowest BCUT2D eigenvalue weighted by Gasteiger charge is -2.35. The summed E-state index contributed by atoms with van der Waals surface area (Å²) in [4.78, 5) is 27.3. The molecule has 0 unspecified atom stereocenters. The van der Waals surface area contributed by atoms with Crippen LogP contribution in [0.3, 0.4) is 0 Å². The second kappa shape index (κ2) is 8.43. The number of benzene rings is 1. The molecule has 1 fully saturated rings. The van der Waals surface area contributed by atoms with Crippen LogP contribution in [-0.4, -0.2) is 44.0 Å². The molecule has 0 saturated carbocycles. The Labute approximate surface area is 155 Å². The minimum Gasteiger partial charge on any atom is -0.493 e. The molecule has 1 aliphatic heterocycles. The highest BCUT2D eigenvalue weighted by Crippen LogP contribution is 2.28. The molecular formula is C20H30N2O4. The van der Waals surface area contributed by atoms with Crippen LogP contribution in [-0.2, 0) is 16.1 Å². The molecule has 1 aromatic rings. The van der Waals surface area contributed by atoms with Gasteiger partial charge in [0.1, 0.15) is 5.41 Å². The largest absolute Gasteiger partial charge is 0.493 e. The Morgan fingerprint density at radius 3 is 2.35 bits per heavy atom. The third-order valence-electron chi connectivity index (χ3n) is 5.07. The van der Waals surface area contributed by atoms with Crippen molar-refractivity contribution in [2.45, 2.75) is 40.2 Å². The monoisotopic (exact) mass is 362 g/mol. The summed E-state index contributed by atoms with van der Waals surface area (Å²) in [6.07, 6.45) is 1.99. The predicted octanol–water partition coefficient (Wildman–Crippen LogP) is 2.60. The number of amides is 2. The quantitative estimate of drug-likeness (QED) is 0.790. The maximum atomic E-state index is 12.8. The summed E-state index contributed by atoms with van der Waals surface area (Å²) >= 11 is 0. The van der Waals surface area contributed by atoms with E-state index in [0.717, 1.165) is 31.5 Å². The molecule has 0 bridgehead atoms. The molecule has 6 nitrogen and oxygen atoms in total. The highest BCUT2D eigenvalue weighted by molar-refractivity contribution is 6.04. The van der Waals surface area contributed by atoms with Gasteiger partial charge in [0.15, 0.2) is 11.5 Å². The maximum Gasteiger partial charge on any atom is 0.237 e. The van der Waals surface area contributed by atoms with Gasteiger partial charge in [0, 0.05) is 19.6 Å². The summed E-state index contributed by atoms with van der Waals surface area (Å²) in [5.74, 6) is 1.51. The van der Waals surface area contributed by atoms with Crippen LogP contribution in [0.1, 0.15) is 39.2 Å². The topological polar surface area (TPSA) is 67.9 Å². The zero-order valence-corrected chi connectivity index (χ0v) is 16.4. The summed E-state index contributed by atoms with van der Waals surface area (Å²) in [7, 11) is 3.15. The van der Waals surface area contributed by atoms with E-state index in [1.807, 2.05) is 17.0 Å². The number of hydrogen-bond acceptors (Lipinski definition) is 4. The van der Waals surface area contributed by atoms with Crippen LogP contribution in [0.5, 0.6) is 11.5 Å². The SMILES string of the molecule is COc1ccc(CNC(=O)C(C)(C)C(=O)N2CCC(C)CC2)cc1OC. The Morgan fingerprint density at radius 2 is 1.77 bits per heavy atom.